The fraction of sp³-hybridized carbons (Fsp3) is 0.444. The Morgan fingerprint density at radius 3 is 2.75 bits per heavy atom. The lowest BCUT2D eigenvalue weighted by Crippen LogP contribution is -2.37. The number of rotatable bonds is 4. The van der Waals surface area contributed by atoms with Crippen molar-refractivity contribution in [2.75, 3.05) is 13.2 Å². The molecule has 1 aromatic rings. The molecule has 1 aromatic carbocycles. The third-order valence-corrected chi connectivity index (χ3v) is 4.43. The summed E-state index contributed by atoms with van der Waals surface area (Å²) in [4.78, 5) is 23.4. The molecule has 0 saturated heterocycles. The molecule has 0 spiro atoms. The van der Waals surface area contributed by atoms with E-state index in [1.807, 2.05) is 24.3 Å². The summed E-state index contributed by atoms with van der Waals surface area (Å²) in [5.74, 6) is -0.682. The molecule has 0 unspecified atom stereocenters. The predicted octanol–water partition coefficient (Wildman–Crippen LogP) is 2.49. The molecule has 0 amide bonds. The van der Waals surface area contributed by atoms with E-state index in [0.717, 1.165) is 5.56 Å². The highest BCUT2D eigenvalue weighted by atomic mass is 16.5. The lowest BCUT2D eigenvalue weighted by molar-refractivity contribution is -0.143. The molecular formula is C18H20O6. The molecule has 0 radical (unpaired) electrons. The molecule has 24 heavy (non-hydrogen) atoms. The van der Waals surface area contributed by atoms with Crippen molar-refractivity contribution in [1.82, 2.24) is 0 Å². The van der Waals surface area contributed by atoms with Gasteiger partial charge in [0.25, 0.3) is 0 Å². The van der Waals surface area contributed by atoms with Gasteiger partial charge in [0.1, 0.15) is 11.5 Å². The summed E-state index contributed by atoms with van der Waals surface area (Å²) in [7, 11) is 0. The predicted molar refractivity (Wildman–Crippen MR) is 84.6 cm³/mol. The first-order valence-electron chi connectivity index (χ1n) is 8.01. The minimum Gasteiger partial charge on any atom is -0.508 e. The Balaban J connectivity index is 1.97. The number of esters is 2. The van der Waals surface area contributed by atoms with E-state index < -0.39 is 12.1 Å². The maximum Gasteiger partial charge on any atom is 0.337 e. The van der Waals surface area contributed by atoms with Gasteiger partial charge in [-0.2, -0.15) is 0 Å². The molecule has 6 heteroatoms. The highest BCUT2D eigenvalue weighted by molar-refractivity contribution is 5.89. The van der Waals surface area contributed by atoms with Crippen molar-refractivity contribution < 1.29 is 28.9 Å². The minimum atomic E-state index is -0.656. The van der Waals surface area contributed by atoms with Crippen LogP contribution in [0.3, 0.4) is 0 Å². The van der Waals surface area contributed by atoms with Gasteiger partial charge >= 0.3 is 11.9 Å². The van der Waals surface area contributed by atoms with Crippen molar-refractivity contribution in [3.8, 4) is 5.75 Å². The number of ether oxygens (including phenoxy) is 3. The van der Waals surface area contributed by atoms with Gasteiger partial charge in [-0.1, -0.05) is 18.2 Å². The zero-order valence-corrected chi connectivity index (χ0v) is 13.7. The largest absolute Gasteiger partial charge is 0.508 e. The number of benzene rings is 1. The molecule has 1 aliphatic carbocycles. The van der Waals surface area contributed by atoms with E-state index in [0.29, 0.717) is 5.75 Å². The zero-order chi connectivity index (χ0) is 17.3. The molecule has 128 valence electrons. The van der Waals surface area contributed by atoms with Gasteiger partial charge in [0.2, 0.25) is 0 Å². The Hall–Kier alpha value is -2.50. The monoisotopic (exact) mass is 332 g/mol. The first-order chi connectivity index (χ1) is 11.5. The van der Waals surface area contributed by atoms with Crippen molar-refractivity contribution in [3.05, 3.63) is 41.2 Å². The second-order valence-electron chi connectivity index (χ2n) is 5.95. The summed E-state index contributed by atoms with van der Waals surface area (Å²) in [5, 5.41) is 10.5. The molecule has 1 aliphatic heterocycles. The van der Waals surface area contributed by atoms with E-state index >= 15 is 0 Å². The van der Waals surface area contributed by atoms with Gasteiger partial charge in [0.15, 0.2) is 6.10 Å². The first-order valence-corrected chi connectivity index (χ1v) is 8.01. The maximum absolute atomic E-state index is 12.2. The third-order valence-electron chi connectivity index (χ3n) is 4.43. The maximum atomic E-state index is 12.2. The Bertz CT molecular complexity index is 693. The molecule has 0 aromatic heterocycles. The summed E-state index contributed by atoms with van der Waals surface area (Å²) in [6, 6.07) is 7.51. The van der Waals surface area contributed by atoms with E-state index in [-0.39, 0.29) is 48.8 Å². The fourth-order valence-corrected chi connectivity index (χ4v) is 3.42. The quantitative estimate of drug-likeness (QED) is 0.853. The second kappa shape index (κ2) is 6.55. The van der Waals surface area contributed by atoms with Crippen LogP contribution in [0.1, 0.15) is 31.7 Å². The normalized spacial score (nSPS) is 24.7. The van der Waals surface area contributed by atoms with Crippen LogP contribution in [0.15, 0.2) is 35.6 Å². The lowest BCUT2D eigenvalue weighted by atomic mass is 9.74. The Morgan fingerprint density at radius 1 is 1.29 bits per heavy atom. The Labute approximate surface area is 140 Å². The van der Waals surface area contributed by atoms with Crippen molar-refractivity contribution in [3.63, 3.8) is 0 Å². The van der Waals surface area contributed by atoms with Gasteiger partial charge in [-0.05, 0) is 19.4 Å². The van der Waals surface area contributed by atoms with E-state index in [9.17, 15) is 14.7 Å². The molecule has 3 atom stereocenters. The van der Waals surface area contributed by atoms with Gasteiger partial charge in [0, 0.05) is 24.3 Å². The number of fused-ring (bicyclic) bond motifs is 3. The van der Waals surface area contributed by atoms with Crippen molar-refractivity contribution in [1.29, 1.82) is 0 Å². The topological polar surface area (TPSA) is 82.1 Å². The number of carbonyl (C=O) groups is 2. The van der Waals surface area contributed by atoms with E-state index in [4.69, 9.17) is 14.2 Å². The van der Waals surface area contributed by atoms with Crippen LogP contribution in [0.5, 0.6) is 5.75 Å². The van der Waals surface area contributed by atoms with Gasteiger partial charge in [-0.25, -0.2) is 4.79 Å². The average Bonchev–Trinajstić information content (AvgIpc) is 2.94. The van der Waals surface area contributed by atoms with E-state index in [1.165, 1.54) is 6.92 Å². The van der Waals surface area contributed by atoms with Gasteiger partial charge in [0.05, 0.1) is 18.8 Å². The standard InChI is InChI=1S/C18H20O6/c1-3-22-18(21)13-8-11(9-23-10(2)19)15-12-6-4-5-7-14(12)24-17(15)16(13)20/h4-7,11,15,17,20H,3,8-9H2,1-2H3/t11-,15+,17-/m0/s1. The molecule has 0 fully saturated rings. The van der Waals surface area contributed by atoms with Crippen LogP contribution in [-0.2, 0) is 19.1 Å². The van der Waals surface area contributed by atoms with E-state index in [2.05, 4.69) is 0 Å². The van der Waals surface area contributed by atoms with Crippen LogP contribution >= 0.6 is 0 Å². The number of aliphatic hydroxyl groups is 1. The molecular weight excluding hydrogens is 312 g/mol. The van der Waals surface area contributed by atoms with Crippen molar-refractivity contribution in [2.45, 2.75) is 32.3 Å². The Kier molecular flexibility index (Phi) is 4.46. The number of hydrogen-bond acceptors (Lipinski definition) is 6. The highest BCUT2D eigenvalue weighted by Crippen LogP contribution is 2.49. The minimum absolute atomic E-state index is 0.0891. The zero-order valence-electron chi connectivity index (χ0n) is 13.7. The van der Waals surface area contributed by atoms with Crippen LogP contribution in [0.2, 0.25) is 0 Å². The van der Waals surface area contributed by atoms with Crippen LogP contribution in [0, 0.1) is 5.92 Å². The number of aliphatic hydroxyl groups excluding tert-OH is 1. The highest BCUT2D eigenvalue weighted by Gasteiger charge is 2.48. The third kappa shape index (κ3) is 2.84. The van der Waals surface area contributed by atoms with Crippen LogP contribution in [0.25, 0.3) is 0 Å². The fourth-order valence-electron chi connectivity index (χ4n) is 3.42. The SMILES string of the molecule is CCOC(=O)C1=C(O)[C@H]2Oc3ccccc3[C@H]2[C@H](COC(C)=O)C1. The molecule has 1 heterocycles. The second-order valence-corrected chi connectivity index (χ2v) is 5.95. The van der Waals surface area contributed by atoms with Crippen molar-refractivity contribution in [2.24, 2.45) is 5.92 Å². The summed E-state index contributed by atoms with van der Waals surface area (Å²) in [6.07, 6.45) is -0.382. The van der Waals surface area contributed by atoms with Crippen LogP contribution in [-0.4, -0.2) is 36.4 Å². The molecule has 2 aliphatic rings. The number of hydrogen-bond donors (Lipinski definition) is 1. The summed E-state index contributed by atoms with van der Waals surface area (Å²) in [6.45, 7) is 3.43. The molecule has 3 rings (SSSR count). The summed E-state index contributed by atoms with van der Waals surface area (Å²) >= 11 is 0. The van der Waals surface area contributed by atoms with Crippen molar-refractivity contribution >= 4 is 11.9 Å². The molecule has 0 bridgehead atoms. The average molecular weight is 332 g/mol. The smallest absolute Gasteiger partial charge is 0.337 e. The lowest BCUT2D eigenvalue weighted by Gasteiger charge is -2.32. The number of para-hydroxylation sites is 1. The molecule has 1 N–H and O–H groups in total. The van der Waals surface area contributed by atoms with E-state index in [1.54, 1.807) is 6.92 Å². The summed E-state index contributed by atoms with van der Waals surface area (Å²) in [5.41, 5.74) is 1.15. The van der Waals surface area contributed by atoms with Crippen LogP contribution in [0.4, 0.5) is 0 Å². The van der Waals surface area contributed by atoms with Crippen LogP contribution < -0.4 is 4.74 Å². The van der Waals surface area contributed by atoms with Gasteiger partial charge < -0.3 is 19.3 Å². The number of carbonyl (C=O) groups excluding carboxylic acids is 2. The van der Waals surface area contributed by atoms with Gasteiger partial charge in [-0.15, -0.1) is 0 Å². The molecule has 0 saturated carbocycles. The van der Waals surface area contributed by atoms with Gasteiger partial charge in [-0.3, -0.25) is 4.79 Å². The molecule has 6 nitrogen and oxygen atoms in total. The summed E-state index contributed by atoms with van der Waals surface area (Å²) < 4.78 is 16.1. The Morgan fingerprint density at radius 2 is 2.04 bits per heavy atom. The first kappa shape index (κ1) is 16.4.